The van der Waals surface area contributed by atoms with Gasteiger partial charge in [0.25, 0.3) is 0 Å². The smallest absolute Gasteiger partial charge is 0.0876 e. The van der Waals surface area contributed by atoms with Crippen LogP contribution in [0, 0.1) is 5.92 Å². The van der Waals surface area contributed by atoms with Crippen molar-refractivity contribution in [1.29, 1.82) is 0 Å². The highest BCUT2D eigenvalue weighted by atomic mass is 16.6. The molecule has 0 aromatic rings. The second-order valence-corrected chi connectivity index (χ2v) is 3.17. The van der Waals surface area contributed by atoms with Gasteiger partial charge in [0.1, 0.15) is 0 Å². The molecule has 0 N–H and O–H groups in total. The van der Waals surface area contributed by atoms with Crippen LogP contribution in [0.25, 0.3) is 0 Å². The summed E-state index contributed by atoms with van der Waals surface area (Å²) in [6.07, 6.45) is 6.51. The lowest BCUT2D eigenvalue weighted by atomic mass is 10.00. The third-order valence-electron chi connectivity index (χ3n) is 2.25. The van der Waals surface area contributed by atoms with Crippen molar-refractivity contribution in [3.63, 3.8) is 0 Å². The van der Waals surface area contributed by atoms with Crippen LogP contribution in [0.5, 0.6) is 0 Å². The Morgan fingerprint density at radius 2 is 2.42 bits per heavy atom. The van der Waals surface area contributed by atoms with E-state index >= 15 is 0 Å². The van der Waals surface area contributed by atoms with E-state index < -0.39 is 0 Å². The third kappa shape index (κ3) is 3.26. The Morgan fingerprint density at radius 1 is 1.67 bits per heavy atom. The molecule has 0 aromatic heterocycles. The first-order valence-corrected chi connectivity index (χ1v) is 4.72. The molecule has 1 rings (SSSR count). The van der Waals surface area contributed by atoms with E-state index in [0.29, 0.717) is 12.0 Å². The monoisotopic (exact) mass is 170 g/mol. The summed E-state index contributed by atoms with van der Waals surface area (Å²) in [5.74, 6) is 0.704. The quantitative estimate of drug-likeness (QED) is 0.347. The van der Waals surface area contributed by atoms with Gasteiger partial charge in [-0.15, -0.1) is 0 Å². The third-order valence-corrected chi connectivity index (χ3v) is 2.25. The first-order chi connectivity index (χ1) is 5.88. The average molecular weight is 170 g/mol. The molecule has 0 spiro atoms. The molecule has 0 aliphatic carbocycles. The van der Waals surface area contributed by atoms with E-state index in [1.807, 2.05) is 13.0 Å². The van der Waals surface area contributed by atoms with Gasteiger partial charge in [-0.1, -0.05) is 19.4 Å². The zero-order valence-electron chi connectivity index (χ0n) is 7.95. The normalized spacial score (nSPS) is 24.3. The van der Waals surface area contributed by atoms with Crippen LogP contribution in [0.15, 0.2) is 12.3 Å². The maximum Gasteiger partial charge on any atom is 0.0876 e. The number of allylic oxidation sites excluding steroid dienone is 1. The average Bonchev–Trinajstić information content (AvgIpc) is 2.88. The van der Waals surface area contributed by atoms with Crippen LogP contribution in [0.1, 0.15) is 26.7 Å². The standard InChI is InChI=1S/C10H18O2/c1-3-6-11-7-5-9(4-2)10-8-12-10/h3,6,9-10H,4-5,7-8H2,1-2H3. The molecule has 0 aromatic carbocycles. The van der Waals surface area contributed by atoms with Crippen molar-refractivity contribution in [3.05, 3.63) is 12.3 Å². The summed E-state index contributed by atoms with van der Waals surface area (Å²) in [7, 11) is 0. The fraction of sp³-hybridized carbons (Fsp3) is 0.800. The first kappa shape index (κ1) is 9.59. The second kappa shape index (κ2) is 5.20. The lowest BCUT2D eigenvalue weighted by Crippen LogP contribution is -2.09. The topological polar surface area (TPSA) is 21.8 Å². The zero-order valence-corrected chi connectivity index (χ0v) is 7.95. The van der Waals surface area contributed by atoms with Crippen molar-refractivity contribution >= 4 is 0 Å². The van der Waals surface area contributed by atoms with Gasteiger partial charge in [0.05, 0.1) is 25.6 Å². The van der Waals surface area contributed by atoms with E-state index in [1.165, 1.54) is 6.42 Å². The molecular formula is C10H18O2. The number of hydrogen-bond donors (Lipinski definition) is 0. The fourth-order valence-corrected chi connectivity index (χ4v) is 1.36. The molecular weight excluding hydrogens is 152 g/mol. The fourth-order valence-electron chi connectivity index (χ4n) is 1.36. The minimum atomic E-state index is 0.532. The molecule has 1 aliphatic heterocycles. The summed E-state index contributed by atoms with van der Waals surface area (Å²) in [5.41, 5.74) is 0. The van der Waals surface area contributed by atoms with E-state index in [-0.39, 0.29) is 0 Å². The molecule has 1 aliphatic rings. The summed E-state index contributed by atoms with van der Waals surface area (Å²) in [6, 6.07) is 0. The van der Waals surface area contributed by atoms with Gasteiger partial charge in [0, 0.05) is 0 Å². The lowest BCUT2D eigenvalue weighted by Gasteiger charge is -2.10. The van der Waals surface area contributed by atoms with Crippen LogP contribution in [0.4, 0.5) is 0 Å². The minimum Gasteiger partial charge on any atom is -0.502 e. The lowest BCUT2D eigenvalue weighted by molar-refractivity contribution is 0.202. The molecule has 1 fully saturated rings. The van der Waals surface area contributed by atoms with Gasteiger partial charge in [0.15, 0.2) is 0 Å². The summed E-state index contributed by atoms with van der Waals surface area (Å²) in [4.78, 5) is 0. The predicted octanol–water partition coefficient (Wildman–Crippen LogP) is 2.35. The van der Waals surface area contributed by atoms with E-state index in [0.717, 1.165) is 19.6 Å². The highest BCUT2D eigenvalue weighted by Gasteiger charge is 2.30. The molecule has 2 nitrogen and oxygen atoms in total. The van der Waals surface area contributed by atoms with Gasteiger partial charge in [0.2, 0.25) is 0 Å². The highest BCUT2D eigenvalue weighted by Crippen LogP contribution is 2.25. The van der Waals surface area contributed by atoms with Crippen LogP contribution in [0.2, 0.25) is 0 Å². The van der Waals surface area contributed by atoms with Crippen LogP contribution in [-0.2, 0) is 9.47 Å². The Hall–Kier alpha value is -0.500. The molecule has 2 unspecified atom stereocenters. The number of hydrogen-bond acceptors (Lipinski definition) is 2. The molecule has 70 valence electrons. The number of rotatable bonds is 6. The van der Waals surface area contributed by atoms with Gasteiger partial charge >= 0.3 is 0 Å². The molecule has 12 heavy (non-hydrogen) atoms. The van der Waals surface area contributed by atoms with E-state index in [2.05, 4.69) is 6.92 Å². The Labute approximate surface area is 74.6 Å². The van der Waals surface area contributed by atoms with Gasteiger partial charge in [-0.25, -0.2) is 0 Å². The van der Waals surface area contributed by atoms with Crippen molar-refractivity contribution in [2.45, 2.75) is 32.8 Å². The molecule has 1 saturated heterocycles. The summed E-state index contributed by atoms with van der Waals surface area (Å²) < 4.78 is 10.5. The first-order valence-electron chi connectivity index (χ1n) is 4.72. The van der Waals surface area contributed by atoms with Gasteiger partial charge in [-0.05, 0) is 19.3 Å². The van der Waals surface area contributed by atoms with Crippen LogP contribution in [0.3, 0.4) is 0 Å². The Morgan fingerprint density at radius 3 is 2.92 bits per heavy atom. The van der Waals surface area contributed by atoms with Crippen LogP contribution in [-0.4, -0.2) is 19.3 Å². The van der Waals surface area contributed by atoms with Gasteiger partial charge < -0.3 is 9.47 Å². The summed E-state index contributed by atoms with van der Waals surface area (Å²) >= 11 is 0. The van der Waals surface area contributed by atoms with Crippen molar-refractivity contribution in [3.8, 4) is 0 Å². The van der Waals surface area contributed by atoms with Crippen molar-refractivity contribution in [2.75, 3.05) is 13.2 Å². The second-order valence-electron chi connectivity index (χ2n) is 3.17. The largest absolute Gasteiger partial charge is 0.502 e. The number of epoxide rings is 1. The Kier molecular flexibility index (Phi) is 4.15. The maximum absolute atomic E-state index is 5.26. The molecule has 2 heteroatoms. The summed E-state index contributed by atoms with van der Waals surface area (Å²) in [6.45, 7) is 5.95. The molecule has 2 atom stereocenters. The molecule has 1 heterocycles. The van der Waals surface area contributed by atoms with Crippen molar-refractivity contribution < 1.29 is 9.47 Å². The van der Waals surface area contributed by atoms with Crippen molar-refractivity contribution in [1.82, 2.24) is 0 Å². The van der Waals surface area contributed by atoms with E-state index in [4.69, 9.17) is 9.47 Å². The molecule has 0 saturated carbocycles. The maximum atomic E-state index is 5.26. The predicted molar refractivity (Wildman–Crippen MR) is 48.9 cm³/mol. The van der Waals surface area contributed by atoms with E-state index in [1.54, 1.807) is 6.26 Å². The SMILES string of the molecule is CC=COCCC(CC)C1CO1. The number of ether oxygens (including phenoxy) is 2. The van der Waals surface area contributed by atoms with E-state index in [9.17, 15) is 0 Å². The van der Waals surface area contributed by atoms with Gasteiger partial charge in [-0.3, -0.25) is 0 Å². The Balaban J connectivity index is 2.02. The molecule has 0 amide bonds. The highest BCUT2D eigenvalue weighted by molar-refractivity contribution is 4.78. The Bertz CT molecular complexity index is 139. The van der Waals surface area contributed by atoms with Crippen LogP contribution >= 0.6 is 0 Å². The summed E-state index contributed by atoms with van der Waals surface area (Å²) in [5, 5.41) is 0. The van der Waals surface area contributed by atoms with Crippen molar-refractivity contribution in [2.24, 2.45) is 5.92 Å². The molecule has 0 radical (unpaired) electrons. The molecule has 0 bridgehead atoms. The van der Waals surface area contributed by atoms with Gasteiger partial charge in [-0.2, -0.15) is 0 Å². The minimum absolute atomic E-state index is 0.532. The van der Waals surface area contributed by atoms with Crippen LogP contribution < -0.4 is 0 Å². The zero-order chi connectivity index (χ0) is 8.81.